The zero-order valence-corrected chi connectivity index (χ0v) is 12.1. The fraction of sp³-hybridized carbons (Fsp3) is 0.462. The zero-order valence-electron chi connectivity index (χ0n) is 10.5. The Kier molecular flexibility index (Phi) is 4.11. The van der Waals surface area contributed by atoms with Crippen molar-refractivity contribution in [3.63, 3.8) is 0 Å². The van der Waals surface area contributed by atoms with E-state index >= 15 is 0 Å². The Balaban J connectivity index is 2.02. The molecule has 1 amide bonds. The van der Waals surface area contributed by atoms with Gasteiger partial charge in [0.1, 0.15) is 0 Å². The van der Waals surface area contributed by atoms with E-state index in [1.54, 1.807) is 0 Å². The van der Waals surface area contributed by atoms with Gasteiger partial charge >= 0.3 is 0 Å². The number of halogens is 1. The molecule has 0 aliphatic carbocycles. The maximum atomic E-state index is 12.1. The van der Waals surface area contributed by atoms with Crippen molar-refractivity contribution in [2.24, 2.45) is 0 Å². The maximum Gasteiger partial charge on any atom is 0.242 e. The van der Waals surface area contributed by atoms with Crippen molar-refractivity contribution in [1.82, 2.24) is 4.90 Å². The average molecular weight is 312 g/mol. The summed E-state index contributed by atoms with van der Waals surface area (Å²) in [5.74, 6) is 0.193. The molecule has 5 heteroatoms. The van der Waals surface area contributed by atoms with E-state index in [2.05, 4.69) is 15.9 Å². The number of hydrogen-bond donors (Lipinski definition) is 1. The van der Waals surface area contributed by atoms with E-state index in [0.29, 0.717) is 12.2 Å². The molecule has 0 unspecified atom stereocenters. The standard InChI is InChI=1S/C13H18BrN3O/c1-16(9-13(18)17-6-2-3-7-17)12-5-4-10(15)8-11(12)14/h4-5,8H,2-3,6-7,9,15H2,1H3. The smallest absolute Gasteiger partial charge is 0.242 e. The summed E-state index contributed by atoms with van der Waals surface area (Å²) in [6, 6.07) is 5.62. The van der Waals surface area contributed by atoms with Crippen LogP contribution in [0.15, 0.2) is 22.7 Å². The molecule has 0 saturated carbocycles. The molecule has 4 nitrogen and oxygen atoms in total. The molecular weight excluding hydrogens is 294 g/mol. The predicted octanol–water partition coefficient (Wildman–Crippen LogP) is 2.09. The van der Waals surface area contributed by atoms with Gasteiger partial charge in [0.2, 0.25) is 5.91 Å². The van der Waals surface area contributed by atoms with Gasteiger partial charge in [-0.2, -0.15) is 0 Å². The van der Waals surface area contributed by atoms with Gasteiger partial charge in [-0.05, 0) is 47.0 Å². The minimum atomic E-state index is 0.193. The Morgan fingerprint density at radius 1 is 1.44 bits per heavy atom. The second-order valence-electron chi connectivity index (χ2n) is 4.65. The average Bonchev–Trinajstić information content (AvgIpc) is 2.81. The minimum Gasteiger partial charge on any atom is -0.399 e. The van der Waals surface area contributed by atoms with Gasteiger partial charge < -0.3 is 15.5 Å². The molecule has 2 N–H and O–H groups in total. The summed E-state index contributed by atoms with van der Waals surface area (Å²) in [6.07, 6.45) is 2.25. The molecule has 98 valence electrons. The molecule has 0 bridgehead atoms. The molecule has 1 aliphatic heterocycles. The fourth-order valence-electron chi connectivity index (χ4n) is 2.19. The third kappa shape index (κ3) is 2.96. The van der Waals surface area contributed by atoms with Crippen molar-refractivity contribution in [3.8, 4) is 0 Å². The van der Waals surface area contributed by atoms with Crippen molar-refractivity contribution in [2.75, 3.05) is 37.3 Å². The zero-order chi connectivity index (χ0) is 13.1. The topological polar surface area (TPSA) is 49.6 Å². The molecular formula is C13H18BrN3O. The Bertz CT molecular complexity index is 444. The van der Waals surface area contributed by atoms with Crippen molar-refractivity contribution < 1.29 is 4.79 Å². The second-order valence-corrected chi connectivity index (χ2v) is 5.51. The second kappa shape index (κ2) is 5.61. The molecule has 1 heterocycles. The lowest BCUT2D eigenvalue weighted by molar-refractivity contribution is -0.128. The van der Waals surface area contributed by atoms with Crippen LogP contribution in [-0.2, 0) is 4.79 Å². The van der Waals surface area contributed by atoms with Crippen LogP contribution in [0.25, 0.3) is 0 Å². The molecule has 1 aromatic rings. The van der Waals surface area contributed by atoms with Gasteiger partial charge in [0.15, 0.2) is 0 Å². The Labute approximate surface area is 116 Å². The van der Waals surface area contributed by atoms with Crippen LogP contribution in [0.4, 0.5) is 11.4 Å². The van der Waals surface area contributed by atoms with Crippen molar-refractivity contribution >= 4 is 33.2 Å². The van der Waals surface area contributed by atoms with E-state index in [1.807, 2.05) is 35.0 Å². The highest BCUT2D eigenvalue weighted by molar-refractivity contribution is 9.10. The highest BCUT2D eigenvalue weighted by atomic mass is 79.9. The number of benzene rings is 1. The summed E-state index contributed by atoms with van der Waals surface area (Å²) >= 11 is 3.47. The molecule has 0 radical (unpaired) electrons. The first kappa shape index (κ1) is 13.2. The van der Waals surface area contributed by atoms with Gasteiger partial charge in [0, 0.05) is 30.3 Å². The van der Waals surface area contributed by atoms with Crippen molar-refractivity contribution in [1.29, 1.82) is 0 Å². The third-order valence-electron chi connectivity index (χ3n) is 3.21. The maximum absolute atomic E-state index is 12.1. The Morgan fingerprint density at radius 3 is 2.72 bits per heavy atom. The lowest BCUT2D eigenvalue weighted by Gasteiger charge is -2.23. The number of nitrogen functional groups attached to an aromatic ring is 1. The van der Waals surface area contributed by atoms with Gasteiger partial charge in [-0.15, -0.1) is 0 Å². The van der Waals surface area contributed by atoms with Crippen LogP contribution < -0.4 is 10.6 Å². The van der Waals surface area contributed by atoms with Crippen LogP contribution in [0.3, 0.4) is 0 Å². The summed E-state index contributed by atoms with van der Waals surface area (Å²) in [6.45, 7) is 2.20. The number of nitrogens with two attached hydrogens (primary N) is 1. The normalized spacial score (nSPS) is 14.9. The van der Waals surface area contributed by atoms with Crippen molar-refractivity contribution in [2.45, 2.75) is 12.8 Å². The van der Waals surface area contributed by atoms with Crippen molar-refractivity contribution in [3.05, 3.63) is 22.7 Å². The number of likely N-dealkylation sites (N-methyl/N-ethyl adjacent to an activating group) is 1. The lowest BCUT2D eigenvalue weighted by atomic mass is 10.2. The first-order chi connectivity index (χ1) is 8.58. The molecule has 1 aromatic carbocycles. The van der Waals surface area contributed by atoms with Crippen LogP contribution in [0.1, 0.15) is 12.8 Å². The van der Waals surface area contributed by atoms with E-state index in [4.69, 9.17) is 5.73 Å². The van der Waals surface area contributed by atoms with Gasteiger partial charge in [0.05, 0.1) is 12.2 Å². The summed E-state index contributed by atoms with van der Waals surface area (Å²) in [5.41, 5.74) is 7.40. The number of carbonyl (C=O) groups excluding carboxylic acids is 1. The monoisotopic (exact) mass is 311 g/mol. The van der Waals surface area contributed by atoms with E-state index < -0.39 is 0 Å². The van der Waals surface area contributed by atoms with E-state index in [-0.39, 0.29) is 5.91 Å². The van der Waals surface area contributed by atoms with Gasteiger partial charge in [-0.25, -0.2) is 0 Å². The number of rotatable bonds is 3. The van der Waals surface area contributed by atoms with E-state index in [1.165, 1.54) is 0 Å². The Morgan fingerprint density at radius 2 is 2.11 bits per heavy atom. The number of hydrogen-bond acceptors (Lipinski definition) is 3. The number of amides is 1. The fourth-order valence-corrected chi connectivity index (χ4v) is 2.89. The van der Waals surface area contributed by atoms with Crippen LogP contribution in [0, 0.1) is 0 Å². The third-order valence-corrected chi connectivity index (χ3v) is 3.85. The minimum absolute atomic E-state index is 0.193. The molecule has 18 heavy (non-hydrogen) atoms. The number of anilines is 2. The van der Waals surface area contributed by atoms with Crippen LogP contribution >= 0.6 is 15.9 Å². The summed E-state index contributed by atoms with van der Waals surface area (Å²) in [5, 5.41) is 0. The number of likely N-dealkylation sites (tertiary alicyclic amines) is 1. The lowest BCUT2D eigenvalue weighted by Crippen LogP contribution is -2.37. The molecule has 0 atom stereocenters. The molecule has 0 aromatic heterocycles. The van der Waals surface area contributed by atoms with Gasteiger partial charge in [-0.1, -0.05) is 0 Å². The first-order valence-electron chi connectivity index (χ1n) is 6.12. The van der Waals surface area contributed by atoms with E-state index in [9.17, 15) is 4.79 Å². The summed E-state index contributed by atoms with van der Waals surface area (Å²) < 4.78 is 0.916. The molecule has 1 aliphatic rings. The number of nitrogens with zero attached hydrogens (tertiary/aromatic N) is 2. The highest BCUT2D eigenvalue weighted by Crippen LogP contribution is 2.27. The van der Waals surface area contributed by atoms with Crippen LogP contribution in [-0.4, -0.2) is 37.5 Å². The molecule has 2 rings (SSSR count). The quantitative estimate of drug-likeness (QED) is 0.870. The van der Waals surface area contributed by atoms with Crippen LogP contribution in [0.5, 0.6) is 0 Å². The summed E-state index contributed by atoms with van der Waals surface area (Å²) in [4.78, 5) is 15.9. The highest BCUT2D eigenvalue weighted by Gasteiger charge is 2.19. The van der Waals surface area contributed by atoms with Gasteiger partial charge in [0.25, 0.3) is 0 Å². The SMILES string of the molecule is CN(CC(=O)N1CCCC1)c1ccc(N)cc1Br. The Hall–Kier alpha value is -1.23. The number of carbonyl (C=O) groups is 1. The predicted molar refractivity (Wildman–Crippen MR) is 77.6 cm³/mol. The van der Waals surface area contributed by atoms with E-state index in [0.717, 1.165) is 36.1 Å². The van der Waals surface area contributed by atoms with Crippen LogP contribution in [0.2, 0.25) is 0 Å². The largest absolute Gasteiger partial charge is 0.399 e. The first-order valence-corrected chi connectivity index (χ1v) is 6.91. The van der Waals surface area contributed by atoms with Gasteiger partial charge in [-0.3, -0.25) is 4.79 Å². The molecule has 1 saturated heterocycles. The summed E-state index contributed by atoms with van der Waals surface area (Å²) in [7, 11) is 1.92. The molecule has 0 spiro atoms. The molecule has 1 fully saturated rings.